The predicted molar refractivity (Wildman–Crippen MR) is 97.8 cm³/mol. The number of fused-ring (bicyclic) bond motifs is 1. The Bertz CT molecular complexity index is 640. The van der Waals surface area contributed by atoms with E-state index in [1.54, 1.807) is 0 Å². The van der Waals surface area contributed by atoms with E-state index >= 15 is 0 Å². The van der Waals surface area contributed by atoms with Crippen molar-refractivity contribution in [3.8, 4) is 0 Å². The van der Waals surface area contributed by atoms with E-state index in [-0.39, 0.29) is 5.41 Å². The molecule has 0 aliphatic heterocycles. The summed E-state index contributed by atoms with van der Waals surface area (Å²) in [5, 5.41) is 2.51. The molecule has 0 saturated carbocycles. The van der Waals surface area contributed by atoms with Crippen LogP contribution in [-0.2, 0) is 5.41 Å². The molecule has 0 saturated heterocycles. The van der Waals surface area contributed by atoms with Gasteiger partial charge in [-0.1, -0.05) is 58.4 Å². The van der Waals surface area contributed by atoms with Crippen molar-refractivity contribution < 1.29 is 0 Å². The van der Waals surface area contributed by atoms with E-state index < -0.39 is 0 Å². The summed E-state index contributed by atoms with van der Waals surface area (Å²) in [6.45, 7) is 11.8. The molecule has 0 N–H and O–H groups in total. The first-order chi connectivity index (χ1) is 10.1. The molecule has 0 amide bonds. The van der Waals surface area contributed by atoms with Crippen LogP contribution in [0.5, 0.6) is 0 Å². The maximum absolute atomic E-state index is 3.93. The minimum atomic E-state index is 0.0204. The third kappa shape index (κ3) is 3.36. The molecule has 108 valence electrons. The van der Waals surface area contributed by atoms with Crippen molar-refractivity contribution in [1.29, 1.82) is 0 Å². The smallest absolute Gasteiger partial charge is 0.0181 e. The van der Waals surface area contributed by atoms with E-state index in [0.29, 0.717) is 0 Å². The second kappa shape index (κ2) is 6.91. The third-order valence-corrected chi connectivity index (χ3v) is 4.51. The van der Waals surface area contributed by atoms with E-state index in [1.807, 2.05) is 18.2 Å². The van der Waals surface area contributed by atoms with Crippen LogP contribution in [0.25, 0.3) is 10.8 Å². The van der Waals surface area contributed by atoms with Gasteiger partial charge in [0.25, 0.3) is 0 Å². The fourth-order valence-electron chi connectivity index (χ4n) is 2.98. The van der Waals surface area contributed by atoms with Gasteiger partial charge in [-0.15, -0.1) is 19.7 Å². The van der Waals surface area contributed by atoms with Crippen LogP contribution in [0.15, 0.2) is 78.8 Å². The summed E-state index contributed by atoms with van der Waals surface area (Å²) in [5.74, 6) is 0. The first-order valence-electron chi connectivity index (χ1n) is 7.18. The van der Waals surface area contributed by atoms with Crippen molar-refractivity contribution in [2.24, 2.45) is 0 Å². The third-order valence-electron chi connectivity index (χ3n) is 4.02. The second-order valence-electron chi connectivity index (χ2n) is 5.46. The van der Waals surface area contributed by atoms with Crippen molar-refractivity contribution in [1.82, 2.24) is 0 Å². The largest absolute Gasteiger partial charge is 0.103 e. The highest BCUT2D eigenvalue weighted by Crippen LogP contribution is 2.38. The Morgan fingerprint density at radius 2 is 1.33 bits per heavy atom. The number of hydrogen-bond acceptors (Lipinski definition) is 0. The number of benzene rings is 2. The van der Waals surface area contributed by atoms with Gasteiger partial charge in [0, 0.05) is 9.89 Å². The van der Waals surface area contributed by atoms with E-state index in [0.717, 1.165) is 23.7 Å². The molecule has 0 heterocycles. The zero-order valence-electron chi connectivity index (χ0n) is 12.3. The standard InChI is InChI=1S/C20H21Br/c1-4-11-20(12-5-2,13-6-3)18-9-7-17-15-19(21)10-8-16(17)14-18/h4-10,14-15H,1-3,11-13H2. The molecule has 21 heavy (non-hydrogen) atoms. The maximum atomic E-state index is 3.93. The lowest BCUT2D eigenvalue weighted by molar-refractivity contribution is 0.442. The van der Waals surface area contributed by atoms with E-state index in [9.17, 15) is 0 Å². The summed E-state index contributed by atoms with van der Waals surface area (Å²) >= 11 is 3.53. The molecule has 0 fully saturated rings. The van der Waals surface area contributed by atoms with Crippen LogP contribution in [0.1, 0.15) is 24.8 Å². The number of rotatable bonds is 7. The molecule has 2 aromatic rings. The molecule has 0 unspecified atom stereocenters. The van der Waals surface area contributed by atoms with Crippen molar-refractivity contribution in [2.75, 3.05) is 0 Å². The summed E-state index contributed by atoms with van der Waals surface area (Å²) in [7, 11) is 0. The van der Waals surface area contributed by atoms with Crippen LogP contribution in [0.4, 0.5) is 0 Å². The topological polar surface area (TPSA) is 0 Å². The predicted octanol–water partition coefficient (Wildman–Crippen LogP) is 6.57. The molecule has 0 spiro atoms. The van der Waals surface area contributed by atoms with Crippen molar-refractivity contribution in [2.45, 2.75) is 24.7 Å². The fourth-order valence-corrected chi connectivity index (χ4v) is 3.36. The molecule has 0 radical (unpaired) electrons. The van der Waals surface area contributed by atoms with Gasteiger partial charge in [0.15, 0.2) is 0 Å². The van der Waals surface area contributed by atoms with Crippen molar-refractivity contribution in [3.05, 3.63) is 84.4 Å². The van der Waals surface area contributed by atoms with E-state index in [4.69, 9.17) is 0 Å². The maximum Gasteiger partial charge on any atom is 0.0181 e. The normalized spacial score (nSPS) is 11.3. The van der Waals surface area contributed by atoms with Gasteiger partial charge < -0.3 is 0 Å². The average molecular weight is 341 g/mol. The zero-order chi connectivity index (χ0) is 15.3. The van der Waals surface area contributed by atoms with Crippen molar-refractivity contribution in [3.63, 3.8) is 0 Å². The van der Waals surface area contributed by atoms with E-state index in [2.05, 4.69) is 72.1 Å². The average Bonchev–Trinajstić information content (AvgIpc) is 2.47. The molecule has 0 atom stereocenters. The second-order valence-corrected chi connectivity index (χ2v) is 6.38. The minimum Gasteiger partial charge on any atom is -0.103 e. The van der Waals surface area contributed by atoms with Crippen molar-refractivity contribution >= 4 is 26.7 Å². The Labute approximate surface area is 136 Å². The lowest BCUT2D eigenvalue weighted by atomic mass is 9.72. The number of halogens is 1. The van der Waals surface area contributed by atoms with Gasteiger partial charge in [-0.3, -0.25) is 0 Å². The molecule has 1 heteroatoms. The summed E-state index contributed by atoms with van der Waals surface area (Å²) < 4.78 is 1.11. The van der Waals surface area contributed by atoms with Crippen LogP contribution >= 0.6 is 15.9 Å². The minimum absolute atomic E-state index is 0.0204. The lowest BCUT2D eigenvalue weighted by Crippen LogP contribution is -2.24. The molecule has 0 bridgehead atoms. The van der Waals surface area contributed by atoms with Gasteiger partial charge in [0.2, 0.25) is 0 Å². The van der Waals surface area contributed by atoms with Gasteiger partial charge in [-0.2, -0.15) is 0 Å². The Morgan fingerprint density at radius 1 is 0.810 bits per heavy atom. The first kappa shape index (κ1) is 15.8. The van der Waals surface area contributed by atoms with Gasteiger partial charge >= 0.3 is 0 Å². The highest BCUT2D eigenvalue weighted by Gasteiger charge is 2.28. The van der Waals surface area contributed by atoms with Crippen LogP contribution in [0, 0.1) is 0 Å². The molecule has 2 rings (SSSR count). The van der Waals surface area contributed by atoms with E-state index in [1.165, 1.54) is 16.3 Å². The summed E-state index contributed by atoms with van der Waals surface area (Å²) in [5.41, 5.74) is 1.35. The number of hydrogen-bond donors (Lipinski definition) is 0. The van der Waals surface area contributed by atoms with Gasteiger partial charge in [-0.25, -0.2) is 0 Å². The molecule has 0 aromatic heterocycles. The van der Waals surface area contributed by atoms with Crippen LogP contribution in [0.3, 0.4) is 0 Å². The summed E-state index contributed by atoms with van der Waals surface area (Å²) in [6, 6.07) is 13.1. The molecule has 0 aliphatic rings. The zero-order valence-corrected chi connectivity index (χ0v) is 13.9. The molecular weight excluding hydrogens is 320 g/mol. The summed E-state index contributed by atoms with van der Waals surface area (Å²) in [4.78, 5) is 0. The highest BCUT2D eigenvalue weighted by atomic mass is 79.9. The monoisotopic (exact) mass is 340 g/mol. The molecule has 2 aromatic carbocycles. The van der Waals surface area contributed by atoms with Crippen LogP contribution in [0.2, 0.25) is 0 Å². The Morgan fingerprint density at radius 3 is 1.90 bits per heavy atom. The Hall–Kier alpha value is -1.60. The SMILES string of the molecule is C=CCC(CC=C)(CC=C)c1ccc2cc(Br)ccc2c1. The molecule has 0 aliphatic carbocycles. The molecular formula is C20H21Br. The molecule has 0 nitrogen and oxygen atoms in total. The van der Waals surface area contributed by atoms with Gasteiger partial charge in [0.1, 0.15) is 0 Å². The Balaban J connectivity index is 2.57. The number of allylic oxidation sites excluding steroid dienone is 3. The fraction of sp³-hybridized carbons (Fsp3) is 0.200. The van der Waals surface area contributed by atoms with Gasteiger partial charge in [-0.05, 0) is 47.7 Å². The highest BCUT2D eigenvalue weighted by molar-refractivity contribution is 9.10. The first-order valence-corrected chi connectivity index (χ1v) is 7.97. The lowest BCUT2D eigenvalue weighted by Gasteiger charge is -2.32. The van der Waals surface area contributed by atoms with Crippen LogP contribution in [-0.4, -0.2) is 0 Å². The van der Waals surface area contributed by atoms with Gasteiger partial charge in [0.05, 0.1) is 0 Å². The van der Waals surface area contributed by atoms with Crippen LogP contribution < -0.4 is 0 Å². The summed E-state index contributed by atoms with van der Waals surface area (Å²) in [6.07, 6.45) is 8.77. The Kier molecular flexibility index (Phi) is 5.19. The quantitative estimate of drug-likeness (QED) is 0.500.